The summed E-state index contributed by atoms with van der Waals surface area (Å²) in [6.07, 6.45) is 6.00. The summed E-state index contributed by atoms with van der Waals surface area (Å²) in [4.78, 5) is 25.4. The van der Waals surface area contributed by atoms with Gasteiger partial charge in [0.1, 0.15) is 0 Å². The summed E-state index contributed by atoms with van der Waals surface area (Å²) in [6, 6.07) is 0.482. The van der Waals surface area contributed by atoms with Gasteiger partial charge in [0, 0.05) is 19.1 Å². The first-order valence-electron chi connectivity index (χ1n) is 7.05. The van der Waals surface area contributed by atoms with Crippen molar-refractivity contribution in [1.82, 2.24) is 15.5 Å². The Morgan fingerprint density at radius 1 is 1.28 bits per heavy atom. The first-order valence-corrected chi connectivity index (χ1v) is 7.05. The van der Waals surface area contributed by atoms with Crippen LogP contribution in [-0.4, -0.2) is 48.4 Å². The molecule has 3 fully saturated rings. The minimum atomic E-state index is -0.0519. The largest absolute Gasteiger partial charge is 0.353 e. The Kier molecular flexibility index (Phi) is 3.24. The molecular formula is C13H21N3O2. The normalized spacial score (nSPS) is 36.1. The highest BCUT2D eigenvalue weighted by atomic mass is 16.2. The molecule has 2 saturated heterocycles. The molecule has 0 spiro atoms. The molecule has 5 nitrogen and oxygen atoms in total. The molecule has 0 bridgehead atoms. The lowest BCUT2D eigenvalue weighted by Gasteiger charge is -2.29. The molecule has 5 heteroatoms. The third kappa shape index (κ3) is 2.23. The lowest BCUT2D eigenvalue weighted by molar-refractivity contribution is -0.139. The molecule has 3 atom stereocenters. The maximum Gasteiger partial charge on any atom is 0.240 e. The summed E-state index contributed by atoms with van der Waals surface area (Å²) in [5, 5.41) is 6.24. The van der Waals surface area contributed by atoms with E-state index in [1.165, 1.54) is 25.7 Å². The molecule has 1 saturated carbocycles. The Morgan fingerprint density at radius 3 is 2.89 bits per heavy atom. The van der Waals surface area contributed by atoms with Crippen LogP contribution in [0.1, 0.15) is 32.1 Å². The quantitative estimate of drug-likeness (QED) is 0.682. The zero-order valence-corrected chi connectivity index (χ0v) is 10.7. The second-order valence-corrected chi connectivity index (χ2v) is 5.72. The Morgan fingerprint density at radius 2 is 2.11 bits per heavy atom. The molecule has 1 aliphatic carbocycles. The van der Waals surface area contributed by atoms with E-state index in [4.69, 9.17) is 0 Å². The molecule has 0 aromatic rings. The number of hydrogen-bond donors (Lipinski definition) is 2. The molecule has 2 heterocycles. The van der Waals surface area contributed by atoms with Gasteiger partial charge in [-0.3, -0.25) is 9.59 Å². The molecule has 2 amide bonds. The van der Waals surface area contributed by atoms with Crippen LogP contribution in [0, 0.1) is 5.92 Å². The van der Waals surface area contributed by atoms with Gasteiger partial charge in [0.2, 0.25) is 11.8 Å². The first-order chi connectivity index (χ1) is 8.74. The van der Waals surface area contributed by atoms with Gasteiger partial charge in [0.05, 0.1) is 12.6 Å². The van der Waals surface area contributed by atoms with Gasteiger partial charge in [0.25, 0.3) is 0 Å². The van der Waals surface area contributed by atoms with Crippen molar-refractivity contribution in [3.05, 3.63) is 0 Å². The average molecular weight is 251 g/mol. The monoisotopic (exact) mass is 251 g/mol. The molecule has 3 unspecified atom stereocenters. The predicted octanol–water partition coefficient (Wildman–Crippen LogP) is -0.134. The molecule has 100 valence electrons. The zero-order chi connectivity index (χ0) is 12.5. The van der Waals surface area contributed by atoms with Crippen LogP contribution in [0.2, 0.25) is 0 Å². The second kappa shape index (κ2) is 4.88. The van der Waals surface area contributed by atoms with Gasteiger partial charge in [0.15, 0.2) is 0 Å². The number of hydrogen-bond acceptors (Lipinski definition) is 3. The molecule has 0 radical (unpaired) electrons. The Hall–Kier alpha value is -1.10. The number of carbonyl (C=O) groups is 2. The number of carbonyl (C=O) groups excluding carboxylic acids is 2. The van der Waals surface area contributed by atoms with Gasteiger partial charge in [-0.25, -0.2) is 0 Å². The molecule has 3 aliphatic rings. The fraction of sp³-hybridized carbons (Fsp3) is 0.846. The van der Waals surface area contributed by atoms with Crippen LogP contribution in [0.5, 0.6) is 0 Å². The minimum absolute atomic E-state index is 0.0370. The van der Waals surface area contributed by atoms with E-state index in [-0.39, 0.29) is 24.4 Å². The highest BCUT2D eigenvalue weighted by molar-refractivity contribution is 5.88. The van der Waals surface area contributed by atoms with Crippen LogP contribution < -0.4 is 10.6 Å². The van der Waals surface area contributed by atoms with E-state index < -0.39 is 0 Å². The molecule has 18 heavy (non-hydrogen) atoms. The summed E-state index contributed by atoms with van der Waals surface area (Å²) >= 11 is 0. The highest BCUT2D eigenvalue weighted by Crippen LogP contribution is 2.33. The van der Waals surface area contributed by atoms with Crippen LogP contribution in [-0.2, 0) is 9.59 Å². The number of nitrogens with one attached hydrogen (secondary N) is 2. The van der Waals surface area contributed by atoms with Crippen LogP contribution in [0.4, 0.5) is 0 Å². The van der Waals surface area contributed by atoms with Crippen LogP contribution in [0.25, 0.3) is 0 Å². The SMILES string of the molecule is O=C1CN(C(=O)C2CC3CCCCC3N2)CCN1. The van der Waals surface area contributed by atoms with Crippen molar-refractivity contribution < 1.29 is 9.59 Å². The smallest absolute Gasteiger partial charge is 0.240 e. The number of rotatable bonds is 1. The van der Waals surface area contributed by atoms with Crippen molar-refractivity contribution in [1.29, 1.82) is 0 Å². The number of piperazine rings is 1. The van der Waals surface area contributed by atoms with Crippen molar-refractivity contribution in [2.45, 2.75) is 44.2 Å². The van der Waals surface area contributed by atoms with Gasteiger partial charge in [-0.15, -0.1) is 0 Å². The lowest BCUT2D eigenvalue weighted by Crippen LogP contribution is -2.54. The van der Waals surface area contributed by atoms with E-state index in [9.17, 15) is 9.59 Å². The summed E-state index contributed by atoms with van der Waals surface area (Å²) in [5.41, 5.74) is 0. The Balaban J connectivity index is 1.61. The Labute approximate surface area is 107 Å². The Bertz CT molecular complexity index is 344. The third-order valence-corrected chi connectivity index (χ3v) is 4.51. The molecule has 0 aromatic carbocycles. The molecule has 3 rings (SSSR count). The molecular weight excluding hydrogens is 230 g/mol. The maximum atomic E-state index is 12.4. The third-order valence-electron chi connectivity index (χ3n) is 4.51. The summed E-state index contributed by atoms with van der Waals surface area (Å²) in [7, 11) is 0. The highest BCUT2D eigenvalue weighted by Gasteiger charge is 2.40. The van der Waals surface area contributed by atoms with Crippen molar-refractivity contribution in [3.63, 3.8) is 0 Å². The van der Waals surface area contributed by atoms with Gasteiger partial charge in [-0.2, -0.15) is 0 Å². The second-order valence-electron chi connectivity index (χ2n) is 5.72. The van der Waals surface area contributed by atoms with E-state index in [0.29, 0.717) is 25.0 Å². The first kappa shape index (κ1) is 12.0. The zero-order valence-electron chi connectivity index (χ0n) is 10.7. The van der Waals surface area contributed by atoms with Gasteiger partial charge >= 0.3 is 0 Å². The lowest BCUT2D eigenvalue weighted by atomic mass is 9.85. The van der Waals surface area contributed by atoms with E-state index in [2.05, 4.69) is 10.6 Å². The fourth-order valence-corrected chi connectivity index (χ4v) is 3.56. The van der Waals surface area contributed by atoms with E-state index in [1.807, 2.05) is 0 Å². The van der Waals surface area contributed by atoms with E-state index >= 15 is 0 Å². The molecule has 2 aliphatic heterocycles. The number of fused-ring (bicyclic) bond motifs is 1. The predicted molar refractivity (Wildman–Crippen MR) is 66.9 cm³/mol. The number of nitrogens with zero attached hydrogens (tertiary/aromatic N) is 1. The summed E-state index contributed by atoms with van der Waals surface area (Å²) in [6.45, 7) is 1.47. The maximum absolute atomic E-state index is 12.4. The van der Waals surface area contributed by atoms with E-state index in [0.717, 1.165) is 6.42 Å². The molecule has 0 aromatic heterocycles. The van der Waals surface area contributed by atoms with Crippen LogP contribution in [0.3, 0.4) is 0 Å². The average Bonchev–Trinajstić information content (AvgIpc) is 2.81. The van der Waals surface area contributed by atoms with Crippen molar-refractivity contribution in [2.75, 3.05) is 19.6 Å². The minimum Gasteiger partial charge on any atom is -0.353 e. The van der Waals surface area contributed by atoms with Gasteiger partial charge < -0.3 is 15.5 Å². The van der Waals surface area contributed by atoms with Crippen LogP contribution in [0.15, 0.2) is 0 Å². The summed E-state index contributed by atoms with van der Waals surface area (Å²) in [5.74, 6) is 0.760. The van der Waals surface area contributed by atoms with Crippen molar-refractivity contribution in [2.24, 2.45) is 5.92 Å². The van der Waals surface area contributed by atoms with E-state index in [1.54, 1.807) is 4.90 Å². The van der Waals surface area contributed by atoms with Gasteiger partial charge in [-0.05, 0) is 25.2 Å². The van der Waals surface area contributed by atoms with Crippen LogP contribution >= 0.6 is 0 Å². The van der Waals surface area contributed by atoms with Crippen molar-refractivity contribution >= 4 is 11.8 Å². The van der Waals surface area contributed by atoms with Gasteiger partial charge in [-0.1, -0.05) is 12.8 Å². The topological polar surface area (TPSA) is 61.4 Å². The standard InChI is InChI=1S/C13H21N3O2/c17-12-8-16(6-5-14-12)13(18)11-7-9-3-1-2-4-10(9)15-11/h9-11,15H,1-8H2,(H,14,17). The fourth-order valence-electron chi connectivity index (χ4n) is 3.56. The molecule has 2 N–H and O–H groups in total. The summed E-state index contributed by atoms with van der Waals surface area (Å²) < 4.78 is 0. The van der Waals surface area contributed by atoms with Crippen molar-refractivity contribution in [3.8, 4) is 0 Å². The number of amides is 2.